The topological polar surface area (TPSA) is 127 Å². The first kappa shape index (κ1) is 25.3. The Bertz CT molecular complexity index is 702. The Morgan fingerprint density at radius 2 is 1.83 bits per heavy atom. The quantitative estimate of drug-likeness (QED) is 0.263. The zero-order valence-corrected chi connectivity index (χ0v) is 17.3. The predicted molar refractivity (Wildman–Crippen MR) is 108 cm³/mol. The molecule has 0 bridgehead atoms. The Kier molecular flexibility index (Phi) is 12.0. The average Bonchev–Trinajstić information content (AvgIpc) is 2.72. The van der Waals surface area contributed by atoms with Crippen LogP contribution >= 0.6 is 0 Å². The van der Waals surface area contributed by atoms with Crippen molar-refractivity contribution in [2.75, 3.05) is 13.2 Å². The number of carboxylic acids is 1. The van der Waals surface area contributed by atoms with Crippen molar-refractivity contribution in [3.8, 4) is 0 Å². The van der Waals surface area contributed by atoms with Crippen LogP contribution in [0.2, 0.25) is 0 Å². The molecule has 8 heteroatoms. The van der Waals surface area contributed by atoms with Crippen molar-refractivity contribution in [3.63, 3.8) is 0 Å². The molecule has 1 atom stereocenters. The maximum Gasteiger partial charge on any atom is 0.338 e. The molecule has 1 aliphatic rings. The minimum absolute atomic E-state index is 0.0339. The lowest BCUT2D eigenvalue weighted by molar-refractivity contribution is -0.161. The molecule has 0 aromatic rings. The predicted octanol–water partition coefficient (Wildman–Crippen LogP) is 2.86. The second-order valence-corrected chi connectivity index (χ2v) is 6.89. The van der Waals surface area contributed by atoms with E-state index in [2.05, 4.69) is 0 Å². The van der Waals surface area contributed by atoms with E-state index in [9.17, 15) is 19.2 Å². The van der Waals surface area contributed by atoms with Crippen LogP contribution in [0.3, 0.4) is 0 Å². The summed E-state index contributed by atoms with van der Waals surface area (Å²) in [7, 11) is 0. The molecule has 1 unspecified atom stereocenters. The zero-order valence-electron chi connectivity index (χ0n) is 17.3. The molecule has 1 aliphatic carbocycles. The van der Waals surface area contributed by atoms with Gasteiger partial charge in [-0.15, -0.1) is 0 Å². The molecule has 8 nitrogen and oxygen atoms in total. The number of hydrogen-bond acceptors (Lipinski definition) is 7. The van der Waals surface area contributed by atoms with Crippen molar-refractivity contribution < 1.29 is 38.9 Å². The van der Waals surface area contributed by atoms with Gasteiger partial charge in [0.25, 0.3) is 0 Å². The van der Waals surface area contributed by atoms with E-state index in [-0.39, 0.29) is 26.1 Å². The van der Waals surface area contributed by atoms with Crippen LogP contribution in [-0.4, -0.2) is 47.3 Å². The number of hydrogen-bond donors (Lipinski definition) is 2. The van der Waals surface area contributed by atoms with Crippen molar-refractivity contribution in [1.82, 2.24) is 0 Å². The van der Waals surface area contributed by atoms with Crippen LogP contribution in [0.5, 0.6) is 0 Å². The van der Waals surface area contributed by atoms with Gasteiger partial charge in [0.1, 0.15) is 5.92 Å². The van der Waals surface area contributed by atoms with Gasteiger partial charge in [-0.1, -0.05) is 31.6 Å². The van der Waals surface area contributed by atoms with Crippen LogP contribution in [0.25, 0.3) is 0 Å². The first-order chi connectivity index (χ1) is 14.4. The summed E-state index contributed by atoms with van der Waals surface area (Å²) >= 11 is 0. The smallest absolute Gasteiger partial charge is 0.338 e. The third-order valence-electron chi connectivity index (χ3n) is 4.33. The standard InChI is InChI=1S/C22H30O8/c1-2-3-8-16-15-17(21(27)29-14-7-6-13-23)11-12-18(16)22(28)30-20(26)10-5-4-9-19(24)25/h8,11-12,15,18,23H,2-7,9-10,13-14H2,1H3,(H,24,25). The van der Waals surface area contributed by atoms with E-state index in [4.69, 9.17) is 19.7 Å². The largest absolute Gasteiger partial charge is 0.481 e. The van der Waals surface area contributed by atoms with Crippen molar-refractivity contribution in [1.29, 1.82) is 0 Å². The molecule has 1 rings (SSSR count). The van der Waals surface area contributed by atoms with Gasteiger partial charge < -0.3 is 19.7 Å². The minimum Gasteiger partial charge on any atom is -0.481 e. The van der Waals surface area contributed by atoms with E-state index in [1.807, 2.05) is 13.0 Å². The molecule has 0 saturated carbocycles. The number of aliphatic hydroxyl groups is 1. The lowest BCUT2D eigenvalue weighted by atomic mass is 9.90. The molecular weight excluding hydrogens is 392 g/mol. The Balaban J connectivity index is 2.68. The van der Waals surface area contributed by atoms with E-state index in [1.165, 1.54) is 12.2 Å². The molecule has 0 aromatic heterocycles. The Hall–Kier alpha value is -2.74. The molecule has 30 heavy (non-hydrogen) atoms. The highest BCUT2D eigenvalue weighted by Crippen LogP contribution is 2.25. The Morgan fingerprint density at radius 3 is 2.50 bits per heavy atom. The second kappa shape index (κ2) is 14.3. The SMILES string of the molecule is CCCC=C1C=C(C(=O)OCCCCO)C=CC1C(=O)OC(=O)CCCCC(=O)O. The number of aliphatic carboxylic acids is 1. The van der Waals surface area contributed by atoms with Gasteiger partial charge in [0, 0.05) is 19.4 Å². The number of ether oxygens (including phenoxy) is 2. The Morgan fingerprint density at radius 1 is 1.10 bits per heavy atom. The summed E-state index contributed by atoms with van der Waals surface area (Å²) in [5, 5.41) is 17.4. The number of carboxylic acid groups (broad SMARTS) is 1. The van der Waals surface area contributed by atoms with Gasteiger partial charge in [0.2, 0.25) is 0 Å². The maximum atomic E-state index is 12.4. The van der Waals surface area contributed by atoms with Crippen molar-refractivity contribution in [3.05, 3.63) is 35.5 Å². The third-order valence-corrected chi connectivity index (χ3v) is 4.33. The summed E-state index contributed by atoms with van der Waals surface area (Å²) in [5.74, 6) is -3.69. The van der Waals surface area contributed by atoms with Gasteiger partial charge in [-0.3, -0.25) is 14.4 Å². The number of carbonyl (C=O) groups is 4. The summed E-state index contributed by atoms with van der Waals surface area (Å²) in [4.78, 5) is 47.0. The summed E-state index contributed by atoms with van der Waals surface area (Å²) in [6.45, 7) is 2.20. The van der Waals surface area contributed by atoms with Gasteiger partial charge in [0.05, 0.1) is 12.2 Å². The molecule has 0 spiro atoms. The van der Waals surface area contributed by atoms with Crippen LogP contribution in [0, 0.1) is 5.92 Å². The fourth-order valence-corrected chi connectivity index (χ4v) is 2.70. The molecule has 0 aliphatic heterocycles. The number of esters is 3. The van der Waals surface area contributed by atoms with Crippen LogP contribution in [0.1, 0.15) is 58.3 Å². The van der Waals surface area contributed by atoms with E-state index in [0.29, 0.717) is 43.3 Å². The number of aliphatic hydroxyl groups excluding tert-OH is 1. The molecule has 166 valence electrons. The van der Waals surface area contributed by atoms with Crippen LogP contribution < -0.4 is 0 Å². The highest BCUT2D eigenvalue weighted by molar-refractivity contribution is 5.95. The molecule has 0 fully saturated rings. The maximum absolute atomic E-state index is 12.4. The highest BCUT2D eigenvalue weighted by Gasteiger charge is 2.27. The van der Waals surface area contributed by atoms with E-state index in [0.717, 1.165) is 6.42 Å². The monoisotopic (exact) mass is 422 g/mol. The van der Waals surface area contributed by atoms with Gasteiger partial charge in [-0.25, -0.2) is 4.79 Å². The molecule has 2 N–H and O–H groups in total. The lowest BCUT2D eigenvalue weighted by Crippen LogP contribution is -2.23. The van der Waals surface area contributed by atoms with E-state index >= 15 is 0 Å². The highest BCUT2D eigenvalue weighted by atomic mass is 16.6. The van der Waals surface area contributed by atoms with Crippen LogP contribution in [0.15, 0.2) is 35.5 Å². The summed E-state index contributed by atoms with van der Waals surface area (Å²) in [6.07, 6.45) is 9.57. The van der Waals surface area contributed by atoms with Gasteiger partial charge in [-0.05, 0) is 43.8 Å². The van der Waals surface area contributed by atoms with Gasteiger partial charge >= 0.3 is 23.9 Å². The molecule has 0 aromatic carbocycles. The number of rotatable bonds is 13. The van der Waals surface area contributed by atoms with Gasteiger partial charge in [-0.2, -0.15) is 0 Å². The minimum atomic E-state index is -0.938. The number of allylic oxidation sites excluding steroid dienone is 2. The van der Waals surface area contributed by atoms with Crippen molar-refractivity contribution in [2.45, 2.75) is 58.3 Å². The normalized spacial score (nSPS) is 16.8. The van der Waals surface area contributed by atoms with Crippen molar-refractivity contribution in [2.24, 2.45) is 5.92 Å². The fraction of sp³-hybridized carbons (Fsp3) is 0.545. The zero-order chi connectivity index (χ0) is 22.4. The van der Waals surface area contributed by atoms with Gasteiger partial charge in [0.15, 0.2) is 0 Å². The Labute approximate surface area is 176 Å². The fourth-order valence-electron chi connectivity index (χ4n) is 2.70. The first-order valence-electron chi connectivity index (χ1n) is 10.2. The molecular formula is C22H30O8. The summed E-state index contributed by atoms with van der Waals surface area (Å²) < 4.78 is 10.1. The number of carbonyl (C=O) groups excluding carboxylic acids is 3. The summed E-state index contributed by atoms with van der Waals surface area (Å²) in [5.41, 5.74) is 0.857. The average molecular weight is 422 g/mol. The lowest BCUT2D eigenvalue weighted by Gasteiger charge is -2.18. The first-order valence-corrected chi connectivity index (χ1v) is 10.2. The molecule has 0 saturated heterocycles. The van der Waals surface area contributed by atoms with Crippen LogP contribution in [-0.2, 0) is 28.7 Å². The van der Waals surface area contributed by atoms with E-state index < -0.39 is 29.8 Å². The molecule has 0 amide bonds. The van der Waals surface area contributed by atoms with E-state index in [1.54, 1.807) is 6.08 Å². The van der Waals surface area contributed by atoms with Crippen LogP contribution in [0.4, 0.5) is 0 Å². The number of unbranched alkanes of at least 4 members (excludes halogenated alkanes) is 3. The summed E-state index contributed by atoms with van der Waals surface area (Å²) in [6, 6.07) is 0. The van der Waals surface area contributed by atoms with Crippen molar-refractivity contribution >= 4 is 23.9 Å². The second-order valence-electron chi connectivity index (χ2n) is 6.89. The molecule has 0 heterocycles. The third kappa shape index (κ3) is 9.65. The molecule has 0 radical (unpaired) electrons.